The number of Topliss-reactive ketones (excluding diaryl/α,β-unsaturated/α-hetero) is 1. The molecule has 18 heavy (non-hydrogen) atoms. The topological polar surface area (TPSA) is 60.7 Å². The standard InChI is InChI=1S/C11H12N4OS2/c16-9-4-1-5-10(9)18-11-12-13-14-15(11)7-8-3-2-6-17-8/h2-3,6,10H,1,4-5,7H2/t10-/m0/s1. The Labute approximate surface area is 113 Å². The van der Waals surface area contributed by atoms with Crippen molar-refractivity contribution in [1.29, 1.82) is 0 Å². The first-order valence-electron chi connectivity index (χ1n) is 5.81. The van der Waals surface area contributed by atoms with E-state index in [-0.39, 0.29) is 5.25 Å². The molecule has 0 spiro atoms. The molecule has 0 aliphatic heterocycles. The lowest BCUT2D eigenvalue weighted by molar-refractivity contribution is -0.116. The van der Waals surface area contributed by atoms with Gasteiger partial charge >= 0.3 is 0 Å². The molecule has 2 aromatic rings. The van der Waals surface area contributed by atoms with Gasteiger partial charge in [0.1, 0.15) is 5.78 Å². The maximum absolute atomic E-state index is 11.6. The summed E-state index contributed by atoms with van der Waals surface area (Å²) in [4.78, 5) is 12.8. The number of thioether (sulfide) groups is 1. The van der Waals surface area contributed by atoms with Crippen molar-refractivity contribution in [3.63, 3.8) is 0 Å². The number of thiophene rings is 1. The fourth-order valence-electron chi connectivity index (χ4n) is 1.97. The van der Waals surface area contributed by atoms with Crippen LogP contribution in [0.3, 0.4) is 0 Å². The molecular weight excluding hydrogens is 268 g/mol. The summed E-state index contributed by atoms with van der Waals surface area (Å²) in [5.74, 6) is 0.325. The average molecular weight is 280 g/mol. The second-order valence-electron chi connectivity index (χ2n) is 4.16. The van der Waals surface area contributed by atoms with Gasteiger partial charge in [0, 0.05) is 11.3 Å². The van der Waals surface area contributed by atoms with Gasteiger partial charge in [-0.05, 0) is 34.7 Å². The monoisotopic (exact) mass is 280 g/mol. The average Bonchev–Trinajstić information content (AvgIpc) is 3.06. The molecule has 1 fully saturated rings. The summed E-state index contributed by atoms with van der Waals surface area (Å²) in [5, 5.41) is 14.5. The Morgan fingerprint density at radius 2 is 2.50 bits per heavy atom. The molecule has 1 atom stereocenters. The number of tetrazole rings is 1. The van der Waals surface area contributed by atoms with E-state index in [0.29, 0.717) is 18.7 Å². The van der Waals surface area contributed by atoms with Crippen molar-refractivity contribution in [2.75, 3.05) is 0 Å². The molecule has 1 aliphatic rings. The summed E-state index contributed by atoms with van der Waals surface area (Å²) in [7, 11) is 0. The van der Waals surface area contributed by atoms with E-state index in [0.717, 1.165) is 18.0 Å². The van der Waals surface area contributed by atoms with Crippen LogP contribution >= 0.6 is 23.1 Å². The van der Waals surface area contributed by atoms with E-state index in [4.69, 9.17) is 0 Å². The van der Waals surface area contributed by atoms with Crippen LogP contribution in [0.1, 0.15) is 24.1 Å². The first-order valence-corrected chi connectivity index (χ1v) is 7.57. The Kier molecular flexibility index (Phi) is 3.42. The highest BCUT2D eigenvalue weighted by molar-refractivity contribution is 8.00. The van der Waals surface area contributed by atoms with Crippen molar-refractivity contribution in [1.82, 2.24) is 20.2 Å². The van der Waals surface area contributed by atoms with Crippen LogP contribution < -0.4 is 0 Å². The first-order chi connectivity index (χ1) is 8.83. The minimum Gasteiger partial charge on any atom is -0.298 e. The van der Waals surface area contributed by atoms with Crippen LogP contribution in [0, 0.1) is 0 Å². The molecule has 1 saturated carbocycles. The van der Waals surface area contributed by atoms with Crippen molar-refractivity contribution in [3.8, 4) is 0 Å². The van der Waals surface area contributed by atoms with Crippen LogP contribution in [0.2, 0.25) is 0 Å². The number of hydrogen-bond donors (Lipinski definition) is 0. The van der Waals surface area contributed by atoms with Gasteiger partial charge in [0.15, 0.2) is 0 Å². The number of nitrogens with zero attached hydrogens (tertiary/aromatic N) is 4. The molecule has 0 saturated heterocycles. The van der Waals surface area contributed by atoms with Crippen LogP contribution in [0.5, 0.6) is 0 Å². The third kappa shape index (κ3) is 2.46. The van der Waals surface area contributed by atoms with Gasteiger partial charge in [0.25, 0.3) is 0 Å². The highest BCUT2D eigenvalue weighted by atomic mass is 32.2. The molecule has 0 N–H and O–H groups in total. The molecule has 5 nitrogen and oxygen atoms in total. The molecule has 7 heteroatoms. The second-order valence-corrected chi connectivity index (χ2v) is 6.37. The van der Waals surface area contributed by atoms with Crippen molar-refractivity contribution in [3.05, 3.63) is 22.4 Å². The highest BCUT2D eigenvalue weighted by Crippen LogP contribution is 2.31. The Morgan fingerprint density at radius 1 is 1.56 bits per heavy atom. The SMILES string of the molecule is O=C1CCC[C@@H]1Sc1nnnn1Cc1cccs1. The molecule has 2 aromatic heterocycles. The molecule has 94 valence electrons. The lowest BCUT2D eigenvalue weighted by Crippen LogP contribution is -2.11. The molecule has 0 bridgehead atoms. The summed E-state index contributed by atoms with van der Waals surface area (Å²) in [6, 6.07) is 4.07. The van der Waals surface area contributed by atoms with Gasteiger partial charge in [0.05, 0.1) is 11.8 Å². The van der Waals surface area contributed by atoms with Crippen molar-refractivity contribution >= 4 is 28.9 Å². The van der Waals surface area contributed by atoms with Crippen molar-refractivity contribution in [2.24, 2.45) is 0 Å². The smallest absolute Gasteiger partial charge is 0.210 e. The van der Waals surface area contributed by atoms with Gasteiger partial charge in [0.2, 0.25) is 5.16 Å². The van der Waals surface area contributed by atoms with E-state index in [9.17, 15) is 4.79 Å². The maximum atomic E-state index is 11.6. The third-order valence-electron chi connectivity index (χ3n) is 2.88. The minimum absolute atomic E-state index is 0.0399. The number of hydrogen-bond acceptors (Lipinski definition) is 6. The highest BCUT2D eigenvalue weighted by Gasteiger charge is 2.27. The summed E-state index contributed by atoms with van der Waals surface area (Å²) >= 11 is 3.18. The normalized spacial score (nSPS) is 19.6. The van der Waals surface area contributed by atoms with E-state index in [1.165, 1.54) is 16.6 Å². The molecule has 3 rings (SSSR count). The van der Waals surface area contributed by atoms with Crippen molar-refractivity contribution in [2.45, 2.75) is 36.2 Å². The Bertz CT molecular complexity index is 537. The second kappa shape index (κ2) is 5.19. The van der Waals surface area contributed by atoms with Crippen LogP contribution in [0.25, 0.3) is 0 Å². The molecule has 0 unspecified atom stereocenters. The Hall–Kier alpha value is -1.21. The van der Waals surface area contributed by atoms with E-state index in [2.05, 4.69) is 21.6 Å². The minimum atomic E-state index is 0.0399. The van der Waals surface area contributed by atoms with Gasteiger partial charge in [-0.3, -0.25) is 4.79 Å². The van der Waals surface area contributed by atoms with E-state index < -0.39 is 0 Å². The van der Waals surface area contributed by atoms with E-state index in [1.807, 2.05) is 11.4 Å². The molecule has 1 aliphatic carbocycles. The lowest BCUT2D eigenvalue weighted by Gasteiger charge is -2.06. The molecule has 0 amide bonds. The van der Waals surface area contributed by atoms with Gasteiger partial charge < -0.3 is 0 Å². The lowest BCUT2D eigenvalue weighted by atomic mass is 10.3. The molecule has 2 heterocycles. The number of aromatic nitrogens is 4. The molecular formula is C11H12N4OS2. The Morgan fingerprint density at radius 3 is 3.22 bits per heavy atom. The van der Waals surface area contributed by atoms with Gasteiger partial charge in [-0.1, -0.05) is 17.8 Å². The van der Waals surface area contributed by atoms with E-state index >= 15 is 0 Å². The van der Waals surface area contributed by atoms with Crippen LogP contribution in [0.4, 0.5) is 0 Å². The zero-order valence-corrected chi connectivity index (χ0v) is 11.3. The first kappa shape index (κ1) is 11.9. The number of rotatable bonds is 4. The number of carbonyl (C=O) groups excluding carboxylic acids is 1. The largest absolute Gasteiger partial charge is 0.298 e. The summed E-state index contributed by atoms with van der Waals surface area (Å²) in [6.07, 6.45) is 2.63. The van der Waals surface area contributed by atoms with Gasteiger partial charge in [-0.15, -0.1) is 16.4 Å². The van der Waals surface area contributed by atoms with Crippen LogP contribution in [-0.2, 0) is 11.3 Å². The summed E-state index contributed by atoms with van der Waals surface area (Å²) in [5.41, 5.74) is 0. The maximum Gasteiger partial charge on any atom is 0.210 e. The molecule has 0 radical (unpaired) electrons. The van der Waals surface area contributed by atoms with E-state index in [1.54, 1.807) is 16.0 Å². The zero-order valence-electron chi connectivity index (χ0n) is 9.65. The summed E-state index contributed by atoms with van der Waals surface area (Å²) in [6.45, 7) is 0.675. The van der Waals surface area contributed by atoms with Crippen LogP contribution in [0.15, 0.2) is 22.7 Å². The fraction of sp³-hybridized carbons (Fsp3) is 0.455. The van der Waals surface area contributed by atoms with Crippen LogP contribution in [-0.4, -0.2) is 31.2 Å². The van der Waals surface area contributed by atoms with Gasteiger partial charge in [-0.25, -0.2) is 4.68 Å². The fourth-order valence-corrected chi connectivity index (χ4v) is 3.75. The summed E-state index contributed by atoms with van der Waals surface area (Å²) < 4.78 is 1.77. The number of carbonyl (C=O) groups is 1. The zero-order chi connectivity index (χ0) is 12.4. The quantitative estimate of drug-likeness (QED) is 0.857. The predicted octanol–water partition coefficient (Wildman–Crippen LogP) is 2.00. The van der Waals surface area contributed by atoms with Gasteiger partial charge in [-0.2, -0.15) is 0 Å². The molecule has 0 aromatic carbocycles. The van der Waals surface area contributed by atoms with Crippen molar-refractivity contribution < 1.29 is 4.79 Å². The third-order valence-corrected chi connectivity index (χ3v) is 5.03. The number of ketones is 1. The Balaban J connectivity index is 1.73. The predicted molar refractivity (Wildman–Crippen MR) is 69.7 cm³/mol.